The molecule has 0 bridgehead atoms. The van der Waals surface area contributed by atoms with Crippen LogP contribution >= 0.6 is 0 Å². The lowest BCUT2D eigenvalue weighted by Crippen LogP contribution is -2.69. The Bertz CT molecular complexity index is 1000. The molecule has 3 unspecified atom stereocenters. The van der Waals surface area contributed by atoms with E-state index in [1.165, 1.54) is 0 Å². The van der Waals surface area contributed by atoms with Gasteiger partial charge < -0.3 is 77.6 Å². The highest BCUT2D eigenvalue weighted by Gasteiger charge is 2.51. The predicted octanol–water partition coefficient (Wildman–Crippen LogP) is -9.50. The molecular formula is C21H37N9O11. The molecule has 41 heavy (non-hydrogen) atoms. The van der Waals surface area contributed by atoms with Crippen molar-refractivity contribution >= 4 is 30.0 Å². The molecule has 0 saturated carbocycles. The summed E-state index contributed by atoms with van der Waals surface area (Å²) >= 11 is 0. The smallest absolute Gasteiger partial charge is 0.246 e. The van der Waals surface area contributed by atoms with Crippen LogP contribution in [0.5, 0.6) is 0 Å². The number of aliphatic imine (C=N–C) groups is 2. The second-order valence-electron chi connectivity index (χ2n) is 9.63. The number of carbonyl (C=O) groups is 3. The van der Waals surface area contributed by atoms with Crippen LogP contribution in [-0.4, -0.2) is 171 Å². The monoisotopic (exact) mass is 591 g/mol. The van der Waals surface area contributed by atoms with E-state index in [9.17, 15) is 50.1 Å². The van der Waals surface area contributed by atoms with Crippen molar-refractivity contribution in [2.45, 2.75) is 67.1 Å². The van der Waals surface area contributed by atoms with Crippen LogP contribution in [0.2, 0.25) is 0 Å². The topological polar surface area (TPSA) is 330 Å². The number of nitrogens with zero attached hydrogens (tertiary/aromatic N) is 3. The van der Waals surface area contributed by atoms with Crippen LogP contribution in [-0.2, 0) is 19.1 Å². The molecule has 1 fully saturated rings. The first kappa shape index (κ1) is 32.3. The van der Waals surface area contributed by atoms with Crippen LogP contribution in [0.4, 0.5) is 0 Å². The molecular weight excluding hydrogens is 554 g/mol. The van der Waals surface area contributed by atoms with E-state index in [-0.39, 0.29) is 31.3 Å². The highest BCUT2D eigenvalue weighted by atomic mass is 16.6. The zero-order valence-corrected chi connectivity index (χ0v) is 21.7. The molecule has 0 radical (unpaired) electrons. The van der Waals surface area contributed by atoms with Gasteiger partial charge in [0.15, 0.2) is 18.1 Å². The Balaban J connectivity index is 1.85. The average molecular weight is 592 g/mol. The molecule has 232 valence electrons. The molecule has 0 spiro atoms. The molecule has 20 heteroatoms. The lowest BCUT2D eigenvalue weighted by atomic mass is 9.95. The van der Waals surface area contributed by atoms with Gasteiger partial charge in [-0.1, -0.05) is 0 Å². The maximum Gasteiger partial charge on any atom is 0.246 e. The van der Waals surface area contributed by atoms with Crippen LogP contribution in [0.3, 0.4) is 0 Å². The number of aldehydes is 1. The predicted molar refractivity (Wildman–Crippen MR) is 136 cm³/mol. The van der Waals surface area contributed by atoms with Gasteiger partial charge in [0.1, 0.15) is 61.1 Å². The zero-order chi connectivity index (χ0) is 30.4. The van der Waals surface area contributed by atoms with Crippen LogP contribution in [0, 0.1) is 0 Å². The molecule has 0 aromatic rings. The number of carbonyl (C=O) groups excluding carboxylic acids is 3. The first-order valence-electron chi connectivity index (χ1n) is 12.6. The maximum atomic E-state index is 13.2. The van der Waals surface area contributed by atoms with E-state index in [1.807, 2.05) is 0 Å². The maximum absolute atomic E-state index is 13.2. The van der Waals surface area contributed by atoms with Gasteiger partial charge in [0.25, 0.3) is 0 Å². The van der Waals surface area contributed by atoms with Gasteiger partial charge >= 0.3 is 0 Å². The lowest BCUT2D eigenvalue weighted by Gasteiger charge is -2.46. The van der Waals surface area contributed by atoms with Gasteiger partial charge in [-0.05, 0) is 0 Å². The molecule has 0 aromatic carbocycles. The van der Waals surface area contributed by atoms with Crippen LogP contribution in [0.15, 0.2) is 9.98 Å². The third-order valence-corrected chi connectivity index (χ3v) is 6.88. The Hall–Kier alpha value is -3.21. The summed E-state index contributed by atoms with van der Waals surface area (Å²) in [5, 5.41) is 81.0. The van der Waals surface area contributed by atoms with Gasteiger partial charge in [0, 0.05) is 0 Å². The summed E-state index contributed by atoms with van der Waals surface area (Å²) in [5.74, 6) is -2.27. The van der Waals surface area contributed by atoms with E-state index >= 15 is 0 Å². The van der Waals surface area contributed by atoms with E-state index in [1.54, 1.807) is 0 Å². The van der Waals surface area contributed by atoms with Crippen molar-refractivity contribution in [1.82, 2.24) is 26.2 Å². The molecule has 11 atom stereocenters. The molecule has 20 nitrogen and oxygen atoms in total. The number of ether oxygens (including phenoxy) is 1. The minimum absolute atomic E-state index is 0.100. The molecule has 1 saturated heterocycles. The molecule has 0 aromatic heterocycles. The van der Waals surface area contributed by atoms with Crippen molar-refractivity contribution in [2.24, 2.45) is 21.5 Å². The standard InChI is InChI=1S/C21H37N9O11/c22-20-24-2-11(28-20)27-8(5-33)17(39)29-12(18(40)26-7(3-31)4-32)13(35)9-1-25-21(23)30(9)19-16(38)15(37)14(36)10(6-34)41-19/h3,7-16,19,27,32-38H,1-2,4-6H2,(H2,23,25)(H,26,40)(H,29,39)(H3,22,24,28)/t7-,8+,9?,10-,11?,12-,13?,14-,15+,16+,19+/m1/s1. The number of nitrogens with one attached hydrogen (secondary N) is 4. The van der Waals surface area contributed by atoms with Gasteiger partial charge in [0.05, 0.1) is 39.0 Å². The number of hydrogen-bond donors (Lipinski definition) is 13. The molecule has 0 aliphatic carbocycles. The summed E-state index contributed by atoms with van der Waals surface area (Å²) < 4.78 is 5.53. The normalized spacial score (nSPS) is 32.7. The van der Waals surface area contributed by atoms with Gasteiger partial charge in [0.2, 0.25) is 11.8 Å². The van der Waals surface area contributed by atoms with Crippen molar-refractivity contribution in [3.8, 4) is 0 Å². The van der Waals surface area contributed by atoms with Crippen molar-refractivity contribution in [2.75, 3.05) is 32.9 Å². The number of rotatable bonds is 13. The van der Waals surface area contributed by atoms with Crippen LogP contribution < -0.4 is 32.7 Å². The Kier molecular flexibility index (Phi) is 11.1. The van der Waals surface area contributed by atoms with Crippen molar-refractivity contribution < 1.29 is 54.9 Å². The summed E-state index contributed by atoms with van der Waals surface area (Å²) in [6, 6.07) is -5.89. The molecule has 2 amide bonds. The quantitative estimate of drug-likeness (QED) is 0.0884. The highest BCUT2D eigenvalue weighted by Crippen LogP contribution is 2.28. The molecule has 3 aliphatic rings. The molecule has 15 N–H and O–H groups in total. The summed E-state index contributed by atoms with van der Waals surface area (Å²) in [6.07, 6.45) is -10.5. The van der Waals surface area contributed by atoms with Gasteiger partial charge in [-0.3, -0.25) is 19.9 Å². The summed E-state index contributed by atoms with van der Waals surface area (Å²) in [5.41, 5.74) is 11.5. The Morgan fingerprint density at radius 2 is 1.76 bits per heavy atom. The van der Waals surface area contributed by atoms with E-state index < -0.39 is 98.7 Å². The fourth-order valence-electron chi connectivity index (χ4n) is 4.62. The van der Waals surface area contributed by atoms with Crippen molar-refractivity contribution in [3.05, 3.63) is 0 Å². The van der Waals surface area contributed by atoms with E-state index in [0.29, 0.717) is 0 Å². The summed E-state index contributed by atoms with van der Waals surface area (Å²) in [7, 11) is 0. The average Bonchev–Trinajstić information content (AvgIpc) is 3.56. The first-order valence-corrected chi connectivity index (χ1v) is 12.6. The number of aliphatic hydroxyl groups excluding tert-OH is 7. The number of aliphatic hydroxyl groups is 7. The minimum Gasteiger partial charge on any atom is -0.394 e. The third kappa shape index (κ3) is 7.17. The first-order chi connectivity index (χ1) is 19.5. The van der Waals surface area contributed by atoms with E-state index in [0.717, 1.165) is 4.90 Å². The number of guanidine groups is 2. The second kappa shape index (κ2) is 14.1. The fourth-order valence-corrected chi connectivity index (χ4v) is 4.62. The number of nitrogens with two attached hydrogens (primary N) is 2. The second-order valence-corrected chi connectivity index (χ2v) is 9.63. The number of hydrogen-bond acceptors (Lipinski definition) is 18. The highest BCUT2D eigenvalue weighted by molar-refractivity contribution is 5.92. The minimum atomic E-state index is -1.90. The van der Waals surface area contributed by atoms with Gasteiger partial charge in [-0.25, -0.2) is 4.99 Å². The lowest BCUT2D eigenvalue weighted by molar-refractivity contribution is -0.260. The van der Waals surface area contributed by atoms with Crippen LogP contribution in [0.1, 0.15) is 0 Å². The Labute approximate surface area is 233 Å². The molecule has 3 rings (SSSR count). The van der Waals surface area contributed by atoms with E-state index in [2.05, 4.69) is 31.3 Å². The van der Waals surface area contributed by atoms with Gasteiger partial charge in [-0.2, -0.15) is 0 Å². The van der Waals surface area contributed by atoms with Crippen LogP contribution in [0.25, 0.3) is 0 Å². The molecule has 3 aliphatic heterocycles. The van der Waals surface area contributed by atoms with Crippen molar-refractivity contribution in [3.63, 3.8) is 0 Å². The Morgan fingerprint density at radius 3 is 2.32 bits per heavy atom. The van der Waals surface area contributed by atoms with E-state index in [4.69, 9.17) is 16.2 Å². The van der Waals surface area contributed by atoms with Crippen molar-refractivity contribution in [1.29, 1.82) is 0 Å². The summed E-state index contributed by atoms with van der Waals surface area (Å²) in [4.78, 5) is 46.4. The third-order valence-electron chi connectivity index (χ3n) is 6.88. The SMILES string of the molecule is NC1=NCC(N[C@@H](CO)C(=O)N[C@@H](C(=O)N[C@H](C=O)CO)C(O)C2CN=C(N)N2[C@H]2O[C@H](CO)[C@@H](O)[C@H](O)[C@@H]2O)N1. The zero-order valence-electron chi connectivity index (χ0n) is 21.7. The summed E-state index contributed by atoms with van der Waals surface area (Å²) in [6.45, 7) is -2.47. The fraction of sp³-hybridized carbons (Fsp3) is 0.762. The Morgan fingerprint density at radius 1 is 1.05 bits per heavy atom. The number of amides is 2. The molecule has 3 heterocycles. The largest absolute Gasteiger partial charge is 0.394 e. The van der Waals surface area contributed by atoms with Gasteiger partial charge in [-0.15, -0.1) is 0 Å².